The maximum Gasteiger partial charge on any atom is 0.195 e. The quantitative estimate of drug-likeness (QED) is 0.613. The van der Waals surface area contributed by atoms with E-state index in [1.165, 1.54) is 17.8 Å². The monoisotopic (exact) mass is 377 g/mol. The molecule has 0 fully saturated rings. The smallest absolute Gasteiger partial charge is 0.195 e. The lowest BCUT2D eigenvalue weighted by molar-refractivity contribution is 0.616. The Balaban J connectivity index is 1.83. The summed E-state index contributed by atoms with van der Waals surface area (Å²) in [6.45, 7) is 2.04. The number of hydrogen-bond donors (Lipinski definition) is 0. The molecule has 22 heavy (non-hydrogen) atoms. The highest BCUT2D eigenvalue weighted by atomic mass is 79.9. The number of rotatable bonds is 4. The number of aromatic nitrogens is 3. The third-order valence-corrected chi connectivity index (χ3v) is 4.75. The first-order valence-corrected chi connectivity index (χ1v) is 8.46. The third kappa shape index (κ3) is 3.23. The summed E-state index contributed by atoms with van der Waals surface area (Å²) < 4.78 is 16.5. The largest absolute Gasteiger partial charge is 0.276 e. The van der Waals surface area contributed by atoms with Crippen LogP contribution in [0, 0.1) is 12.7 Å². The molecule has 0 aliphatic rings. The van der Waals surface area contributed by atoms with E-state index in [0.717, 1.165) is 20.9 Å². The molecule has 0 saturated heterocycles. The molecule has 3 nitrogen and oxygen atoms in total. The maximum absolute atomic E-state index is 13.9. The van der Waals surface area contributed by atoms with Crippen molar-refractivity contribution in [3.63, 3.8) is 0 Å². The van der Waals surface area contributed by atoms with E-state index in [-0.39, 0.29) is 5.82 Å². The first kappa shape index (κ1) is 15.2. The van der Waals surface area contributed by atoms with E-state index < -0.39 is 0 Å². The van der Waals surface area contributed by atoms with E-state index >= 15 is 0 Å². The van der Waals surface area contributed by atoms with Gasteiger partial charge < -0.3 is 0 Å². The summed E-state index contributed by atoms with van der Waals surface area (Å²) >= 11 is 4.73. The Morgan fingerprint density at radius 1 is 1.23 bits per heavy atom. The summed E-state index contributed by atoms with van der Waals surface area (Å²) in [5, 5.41) is 8.87. The number of halogens is 2. The molecule has 0 N–H and O–H groups in total. The lowest BCUT2D eigenvalue weighted by Crippen LogP contribution is -1.98. The van der Waals surface area contributed by atoms with Gasteiger partial charge in [0.15, 0.2) is 5.16 Å². The second kappa shape index (κ2) is 6.62. The van der Waals surface area contributed by atoms with Crippen molar-refractivity contribution in [2.75, 3.05) is 0 Å². The van der Waals surface area contributed by atoms with Crippen LogP contribution < -0.4 is 0 Å². The van der Waals surface area contributed by atoms with Crippen LogP contribution in [0.25, 0.3) is 5.69 Å². The predicted octanol–water partition coefficient (Wildman–Crippen LogP) is 4.77. The Morgan fingerprint density at radius 3 is 2.82 bits per heavy atom. The Labute approximate surface area is 140 Å². The molecule has 0 unspecified atom stereocenters. The molecule has 112 valence electrons. The van der Waals surface area contributed by atoms with Gasteiger partial charge in [0.2, 0.25) is 0 Å². The minimum Gasteiger partial charge on any atom is -0.276 e. The highest BCUT2D eigenvalue weighted by Crippen LogP contribution is 2.26. The van der Waals surface area contributed by atoms with Crippen molar-refractivity contribution in [3.05, 3.63) is 70.2 Å². The van der Waals surface area contributed by atoms with Crippen LogP contribution in [0.1, 0.15) is 11.1 Å². The van der Waals surface area contributed by atoms with Crippen LogP contribution in [0.5, 0.6) is 0 Å². The van der Waals surface area contributed by atoms with Crippen molar-refractivity contribution < 1.29 is 4.39 Å². The molecule has 3 rings (SSSR count). The maximum atomic E-state index is 13.9. The van der Waals surface area contributed by atoms with Gasteiger partial charge in [0, 0.05) is 10.2 Å². The molecule has 1 heterocycles. The average molecular weight is 378 g/mol. The van der Waals surface area contributed by atoms with Crippen molar-refractivity contribution in [2.45, 2.75) is 17.8 Å². The molecule has 3 aromatic rings. The fraction of sp³-hybridized carbons (Fsp3) is 0.125. The van der Waals surface area contributed by atoms with Gasteiger partial charge in [0.05, 0.1) is 5.69 Å². The van der Waals surface area contributed by atoms with Crippen molar-refractivity contribution >= 4 is 27.7 Å². The number of nitrogens with zero attached hydrogens (tertiary/aromatic N) is 3. The highest BCUT2D eigenvalue weighted by molar-refractivity contribution is 9.10. The van der Waals surface area contributed by atoms with Gasteiger partial charge in [-0.3, -0.25) is 4.57 Å². The van der Waals surface area contributed by atoms with Gasteiger partial charge in [-0.1, -0.05) is 52.0 Å². The Kier molecular flexibility index (Phi) is 4.59. The lowest BCUT2D eigenvalue weighted by Gasteiger charge is -2.09. The van der Waals surface area contributed by atoms with Crippen LogP contribution in [0.15, 0.2) is 58.4 Å². The molecule has 0 bridgehead atoms. The predicted molar refractivity (Wildman–Crippen MR) is 89.8 cm³/mol. The fourth-order valence-corrected chi connectivity index (χ4v) is 3.34. The summed E-state index contributed by atoms with van der Waals surface area (Å²) in [5.41, 5.74) is 2.82. The van der Waals surface area contributed by atoms with Crippen molar-refractivity contribution in [1.29, 1.82) is 0 Å². The molecule has 0 saturated carbocycles. The molecular formula is C16H13BrFN3S. The number of thioether (sulfide) groups is 1. The lowest BCUT2D eigenvalue weighted by atomic mass is 10.2. The van der Waals surface area contributed by atoms with Crippen LogP contribution >= 0.6 is 27.7 Å². The minimum absolute atomic E-state index is 0.219. The fourth-order valence-electron chi connectivity index (χ4n) is 2.10. The van der Waals surface area contributed by atoms with E-state index in [0.29, 0.717) is 11.3 Å². The summed E-state index contributed by atoms with van der Waals surface area (Å²) in [5.74, 6) is 0.285. The minimum atomic E-state index is -0.219. The molecule has 2 aromatic carbocycles. The van der Waals surface area contributed by atoms with Gasteiger partial charge >= 0.3 is 0 Å². The average Bonchev–Trinajstić information content (AvgIpc) is 2.95. The first-order valence-electron chi connectivity index (χ1n) is 6.68. The molecule has 6 heteroatoms. The van der Waals surface area contributed by atoms with Crippen LogP contribution in [-0.2, 0) is 5.75 Å². The zero-order valence-electron chi connectivity index (χ0n) is 11.8. The Hall–Kier alpha value is -1.66. The molecule has 0 spiro atoms. The van der Waals surface area contributed by atoms with Crippen molar-refractivity contribution in [1.82, 2.24) is 14.8 Å². The SMILES string of the molecule is Cc1ccccc1-n1cnnc1SCc1ccc(Br)cc1F. The van der Waals surface area contributed by atoms with Crippen LogP contribution in [0.4, 0.5) is 4.39 Å². The van der Waals surface area contributed by atoms with Gasteiger partial charge in [-0.05, 0) is 36.2 Å². The highest BCUT2D eigenvalue weighted by Gasteiger charge is 2.11. The van der Waals surface area contributed by atoms with Crippen molar-refractivity contribution in [3.8, 4) is 5.69 Å². The van der Waals surface area contributed by atoms with E-state index in [1.54, 1.807) is 12.4 Å². The molecule has 0 radical (unpaired) electrons. The second-order valence-corrected chi connectivity index (χ2v) is 6.65. The molecule has 1 aromatic heterocycles. The molecule has 0 atom stereocenters. The van der Waals surface area contributed by atoms with Gasteiger partial charge in [-0.15, -0.1) is 10.2 Å². The van der Waals surface area contributed by atoms with Crippen LogP contribution in [0.3, 0.4) is 0 Å². The molecule has 0 aliphatic carbocycles. The Bertz CT molecular complexity index is 804. The summed E-state index contributed by atoms with van der Waals surface area (Å²) in [6.07, 6.45) is 1.68. The van der Waals surface area contributed by atoms with Crippen LogP contribution in [-0.4, -0.2) is 14.8 Å². The standard InChI is InChI=1S/C16H13BrFN3S/c1-11-4-2-3-5-15(11)21-10-19-20-16(21)22-9-12-6-7-13(17)8-14(12)18/h2-8,10H,9H2,1H3. The summed E-state index contributed by atoms with van der Waals surface area (Å²) in [7, 11) is 0. The topological polar surface area (TPSA) is 30.7 Å². The van der Waals surface area contributed by atoms with E-state index in [1.807, 2.05) is 41.8 Å². The van der Waals surface area contributed by atoms with E-state index in [9.17, 15) is 4.39 Å². The molecular weight excluding hydrogens is 365 g/mol. The van der Waals surface area contributed by atoms with Gasteiger partial charge in [0.25, 0.3) is 0 Å². The van der Waals surface area contributed by atoms with Gasteiger partial charge in [-0.25, -0.2) is 4.39 Å². The Morgan fingerprint density at radius 2 is 2.05 bits per heavy atom. The van der Waals surface area contributed by atoms with E-state index in [4.69, 9.17) is 0 Å². The second-order valence-electron chi connectivity index (χ2n) is 4.79. The number of para-hydroxylation sites is 1. The summed E-state index contributed by atoms with van der Waals surface area (Å²) in [4.78, 5) is 0. The molecule has 0 aliphatic heterocycles. The zero-order valence-corrected chi connectivity index (χ0v) is 14.2. The van der Waals surface area contributed by atoms with Crippen LogP contribution in [0.2, 0.25) is 0 Å². The number of hydrogen-bond acceptors (Lipinski definition) is 3. The van der Waals surface area contributed by atoms with Gasteiger partial charge in [-0.2, -0.15) is 0 Å². The zero-order chi connectivity index (χ0) is 15.5. The van der Waals surface area contributed by atoms with Crippen molar-refractivity contribution in [2.24, 2.45) is 0 Å². The number of aryl methyl sites for hydroxylation is 1. The molecule has 0 amide bonds. The first-order chi connectivity index (χ1) is 10.6. The summed E-state index contributed by atoms with van der Waals surface area (Å²) in [6, 6.07) is 13.1. The normalized spacial score (nSPS) is 10.9. The van der Waals surface area contributed by atoms with Gasteiger partial charge in [0.1, 0.15) is 12.1 Å². The number of benzene rings is 2. The van der Waals surface area contributed by atoms with E-state index in [2.05, 4.69) is 26.1 Å². The third-order valence-electron chi connectivity index (χ3n) is 3.26.